The number of anilines is 1. The second-order valence-electron chi connectivity index (χ2n) is 5.97. The predicted octanol–water partition coefficient (Wildman–Crippen LogP) is 2.76. The molecule has 0 saturated heterocycles. The Labute approximate surface area is 110 Å². The Morgan fingerprint density at radius 3 is 2.61 bits per heavy atom. The molecule has 0 bridgehead atoms. The molecule has 2 rings (SSSR count). The summed E-state index contributed by atoms with van der Waals surface area (Å²) < 4.78 is 0. The van der Waals surface area contributed by atoms with E-state index >= 15 is 0 Å². The van der Waals surface area contributed by atoms with Gasteiger partial charge in [-0.25, -0.2) is 4.98 Å². The molecule has 3 nitrogen and oxygen atoms in total. The fourth-order valence-electron chi connectivity index (χ4n) is 2.30. The van der Waals surface area contributed by atoms with Gasteiger partial charge < -0.3 is 10.6 Å². The molecule has 0 radical (unpaired) electrons. The van der Waals surface area contributed by atoms with Gasteiger partial charge in [0.05, 0.1) is 0 Å². The third-order valence-corrected chi connectivity index (χ3v) is 3.89. The van der Waals surface area contributed by atoms with Crippen molar-refractivity contribution in [2.45, 2.75) is 39.7 Å². The normalized spacial score (nSPS) is 22.3. The fourth-order valence-corrected chi connectivity index (χ4v) is 2.30. The first-order valence-electron chi connectivity index (χ1n) is 6.93. The van der Waals surface area contributed by atoms with Crippen LogP contribution in [0.2, 0.25) is 0 Å². The van der Waals surface area contributed by atoms with Gasteiger partial charge in [0.1, 0.15) is 5.82 Å². The molecule has 1 aromatic heterocycles. The van der Waals surface area contributed by atoms with Crippen LogP contribution in [0, 0.1) is 11.8 Å². The molecule has 1 aliphatic rings. The van der Waals surface area contributed by atoms with Crippen molar-refractivity contribution in [3.8, 4) is 0 Å². The van der Waals surface area contributed by atoms with Gasteiger partial charge in [-0.05, 0) is 41.9 Å². The van der Waals surface area contributed by atoms with E-state index in [1.165, 1.54) is 12.0 Å². The molecule has 2 N–H and O–H groups in total. The van der Waals surface area contributed by atoms with E-state index in [9.17, 15) is 0 Å². The lowest BCUT2D eigenvalue weighted by molar-refractivity contribution is 0.713. The summed E-state index contributed by atoms with van der Waals surface area (Å²) in [5.41, 5.74) is 8.10. The summed E-state index contributed by atoms with van der Waals surface area (Å²) in [6, 6.07) is 4.25. The van der Waals surface area contributed by atoms with E-state index in [0.29, 0.717) is 12.5 Å². The van der Waals surface area contributed by atoms with Crippen LogP contribution in [0.1, 0.15) is 44.4 Å². The minimum Gasteiger partial charge on any atom is -0.359 e. The van der Waals surface area contributed by atoms with Crippen LogP contribution >= 0.6 is 0 Å². The van der Waals surface area contributed by atoms with Crippen molar-refractivity contribution in [1.29, 1.82) is 0 Å². The number of hydrogen-bond acceptors (Lipinski definition) is 3. The Morgan fingerprint density at radius 1 is 1.44 bits per heavy atom. The van der Waals surface area contributed by atoms with Gasteiger partial charge in [0, 0.05) is 25.8 Å². The van der Waals surface area contributed by atoms with Gasteiger partial charge in [-0.2, -0.15) is 0 Å². The smallest absolute Gasteiger partial charge is 0.128 e. The van der Waals surface area contributed by atoms with Gasteiger partial charge in [-0.1, -0.05) is 20.8 Å². The maximum Gasteiger partial charge on any atom is 0.128 e. The summed E-state index contributed by atoms with van der Waals surface area (Å²) in [7, 11) is 2.14. The van der Waals surface area contributed by atoms with E-state index in [1.807, 2.05) is 0 Å². The van der Waals surface area contributed by atoms with Crippen LogP contribution in [-0.2, 0) is 6.54 Å². The van der Waals surface area contributed by atoms with E-state index in [2.05, 4.69) is 44.9 Å². The first kappa shape index (κ1) is 13.3. The Hall–Kier alpha value is -1.09. The molecule has 3 heteroatoms. The zero-order valence-electron chi connectivity index (χ0n) is 12.0. The molecule has 18 heavy (non-hydrogen) atoms. The third kappa shape index (κ3) is 3.02. The van der Waals surface area contributed by atoms with Crippen molar-refractivity contribution >= 4 is 5.82 Å². The SMILES string of the molecule is CC(C)c1cc(CN)cc(N(C)CC2CC2C)n1. The van der Waals surface area contributed by atoms with Crippen LogP contribution in [0.4, 0.5) is 5.82 Å². The highest BCUT2D eigenvalue weighted by atomic mass is 15.2. The standard InChI is InChI=1S/C15H25N3/c1-10(2)14-6-12(8-16)7-15(17-14)18(4)9-13-5-11(13)3/h6-7,10-11,13H,5,8-9,16H2,1-4H3. The lowest BCUT2D eigenvalue weighted by atomic mass is 10.1. The lowest BCUT2D eigenvalue weighted by Crippen LogP contribution is -2.22. The number of nitrogens with two attached hydrogens (primary N) is 1. The highest BCUT2D eigenvalue weighted by Gasteiger charge is 2.33. The number of rotatable bonds is 5. The van der Waals surface area contributed by atoms with Gasteiger partial charge in [-0.15, -0.1) is 0 Å². The summed E-state index contributed by atoms with van der Waals surface area (Å²) in [5.74, 6) is 3.25. The van der Waals surface area contributed by atoms with Crippen LogP contribution in [0.15, 0.2) is 12.1 Å². The average molecular weight is 247 g/mol. The molecule has 0 amide bonds. The van der Waals surface area contributed by atoms with Crippen LogP contribution in [0.5, 0.6) is 0 Å². The minimum absolute atomic E-state index is 0.448. The molecule has 0 spiro atoms. The lowest BCUT2D eigenvalue weighted by Gasteiger charge is -2.20. The Kier molecular flexibility index (Phi) is 3.91. The van der Waals surface area contributed by atoms with Gasteiger partial charge in [0.15, 0.2) is 0 Å². The van der Waals surface area contributed by atoms with E-state index in [4.69, 9.17) is 10.7 Å². The molecule has 1 aliphatic carbocycles. The van der Waals surface area contributed by atoms with Gasteiger partial charge in [0.25, 0.3) is 0 Å². The number of nitrogens with zero attached hydrogens (tertiary/aromatic N) is 2. The van der Waals surface area contributed by atoms with Crippen molar-refractivity contribution in [1.82, 2.24) is 4.98 Å². The van der Waals surface area contributed by atoms with E-state index in [-0.39, 0.29) is 0 Å². The largest absolute Gasteiger partial charge is 0.359 e. The summed E-state index contributed by atoms with van der Waals surface area (Å²) in [6.07, 6.45) is 1.36. The topological polar surface area (TPSA) is 42.1 Å². The Balaban J connectivity index is 2.17. The van der Waals surface area contributed by atoms with Crippen molar-refractivity contribution in [2.24, 2.45) is 17.6 Å². The molecule has 1 heterocycles. The van der Waals surface area contributed by atoms with Gasteiger partial charge in [-0.3, -0.25) is 0 Å². The van der Waals surface area contributed by atoms with Crippen molar-refractivity contribution in [3.05, 3.63) is 23.4 Å². The maximum absolute atomic E-state index is 5.78. The molecular weight excluding hydrogens is 222 g/mol. The van der Waals surface area contributed by atoms with Gasteiger partial charge >= 0.3 is 0 Å². The fraction of sp³-hybridized carbons (Fsp3) is 0.667. The second-order valence-corrected chi connectivity index (χ2v) is 5.97. The zero-order chi connectivity index (χ0) is 13.3. The van der Waals surface area contributed by atoms with Crippen LogP contribution in [-0.4, -0.2) is 18.6 Å². The van der Waals surface area contributed by atoms with Crippen molar-refractivity contribution in [2.75, 3.05) is 18.5 Å². The number of hydrogen-bond donors (Lipinski definition) is 1. The molecule has 1 aromatic rings. The third-order valence-electron chi connectivity index (χ3n) is 3.89. The second kappa shape index (κ2) is 5.27. The van der Waals surface area contributed by atoms with E-state index in [0.717, 1.165) is 29.9 Å². The molecule has 0 aliphatic heterocycles. The number of pyridine rings is 1. The van der Waals surface area contributed by atoms with Crippen molar-refractivity contribution < 1.29 is 0 Å². The average Bonchev–Trinajstić information content (AvgIpc) is 3.04. The summed E-state index contributed by atoms with van der Waals surface area (Å²) in [5, 5.41) is 0. The quantitative estimate of drug-likeness (QED) is 0.870. The van der Waals surface area contributed by atoms with Gasteiger partial charge in [0.2, 0.25) is 0 Å². The highest BCUT2D eigenvalue weighted by Crippen LogP contribution is 2.38. The first-order chi connectivity index (χ1) is 8.51. The van der Waals surface area contributed by atoms with Crippen LogP contribution in [0.25, 0.3) is 0 Å². The van der Waals surface area contributed by atoms with Crippen LogP contribution < -0.4 is 10.6 Å². The summed E-state index contributed by atoms with van der Waals surface area (Å²) in [4.78, 5) is 7.03. The first-order valence-corrected chi connectivity index (χ1v) is 6.93. The molecule has 100 valence electrons. The van der Waals surface area contributed by atoms with Crippen LogP contribution in [0.3, 0.4) is 0 Å². The highest BCUT2D eigenvalue weighted by molar-refractivity contribution is 5.43. The molecule has 2 atom stereocenters. The molecular formula is C15H25N3. The van der Waals surface area contributed by atoms with Crippen molar-refractivity contribution in [3.63, 3.8) is 0 Å². The Bertz CT molecular complexity index is 414. The number of aromatic nitrogens is 1. The molecule has 2 unspecified atom stereocenters. The summed E-state index contributed by atoms with van der Waals surface area (Å²) >= 11 is 0. The predicted molar refractivity (Wildman–Crippen MR) is 76.8 cm³/mol. The molecule has 1 fully saturated rings. The zero-order valence-corrected chi connectivity index (χ0v) is 12.0. The summed E-state index contributed by atoms with van der Waals surface area (Å²) in [6.45, 7) is 8.37. The Morgan fingerprint density at radius 2 is 2.11 bits per heavy atom. The van der Waals surface area contributed by atoms with E-state index in [1.54, 1.807) is 0 Å². The maximum atomic E-state index is 5.78. The minimum atomic E-state index is 0.448. The molecule has 0 aromatic carbocycles. The molecule has 1 saturated carbocycles. The monoisotopic (exact) mass is 247 g/mol. The van der Waals surface area contributed by atoms with E-state index < -0.39 is 0 Å².